The number of carbonyl (C=O) groups excluding carboxylic acids is 2. The van der Waals surface area contributed by atoms with Gasteiger partial charge in [0.25, 0.3) is 5.91 Å². The van der Waals surface area contributed by atoms with Crippen molar-refractivity contribution >= 4 is 39.9 Å². The molecule has 174 valence electrons. The second kappa shape index (κ2) is 10.2. The van der Waals surface area contributed by atoms with Crippen LogP contribution in [0.4, 0.5) is 5.69 Å². The Morgan fingerprint density at radius 3 is 2.82 bits per heavy atom. The fourth-order valence-electron chi connectivity index (χ4n) is 4.72. The van der Waals surface area contributed by atoms with Crippen molar-refractivity contribution in [3.05, 3.63) is 82.3 Å². The molecule has 3 aromatic heterocycles. The number of hydrogen-bond acceptors (Lipinski definition) is 4. The lowest BCUT2D eigenvalue weighted by molar-refractivity contribution is -0.116. The van der Waals surface area contributed by atoms with E-state index in [4.69, 9.17) is 0 Å². The van der Waals surface area contributed by atoms with Gasteiger partial charge in [0, 0.05) is 53.4 Å². The van der Waals surface area contributed by atoms with Crippen LogP contribution in [0.3, 0.4) is 0 Å². The number of rotatable bonds is 7. The van der Waals surface area contributed by atoms with Crippen molar-refractivity contribution in [1.29, 1.82) is 0 Å². The van der Waals surface area contributed by atoms with Gasteiger partial charge < -0.3 is 15.2 Å². The Bertz CT molecular complexity index is 1270. The minimum absolute atomic E-state index is 0.0183. The van der Waals surface area contributed by atoms with E-state index in [1.165, 1.54) is 15.8 Å². The molecule has 1 aliphatic heterocycles. The average molecular weight is 473 g/mol. The third-order valence-corrected chi connectivity index (χ3v) is 7.44. The number of thiophene rings is 1. The molecule has 0 radical (unpaired) electrons. The zero-order valence-electron chi connectivity index (χ0n) is 19.0. The fraction of sp³-hybridized carbons (Fsp3) is 0.296. The van der Waals surface area contributed by atoms with E-state index in [-0.39, 0.29) is 11.8 Å². The van der Waals surface area contributed by atoms with Crippen molar-refractivity contribution in [2.24, 2.45) is 0 Å². The van der Waals surface area contributed by atoms with E-state index in [1.807, 2.05) is 35.2 Å². The van der Waals surface area contributed by atoms with E-state index in [1.54, 1.807) is 23.6 Å². The third kappa shape index (κ3) is 5.04. The van der Waals surface area contributed by atoms with E-state index in [9.17, 15) is 9.59 Å². The van der Waals surface area contributed by atoms with Crippen molar-refractivity contribution in [1.82, 2.24) is 14.9 Å². The van der Waals surface area contributed by atoms with Gasteiger partial charge in [0.15, 0.2) is 0 Å². The number of aromatic amines is 1. The van der Waals surface area contributed by atoms with Gasteiger partial charge in [-0.15, -0.1) is 11.3 Å². The summed E-state index contributed by atoms with van der Waals surface area (Å²) < 4.78 is 0. The van der Waals surface area contributed by atoms with Gasteiger partial charge in [0.05, 0.1) is 0 Å². The molecule has 5 rings (SSSR count). The summed E-state index contributed by atoms with van der Waals surface area (Å²) in [5.74, 6) is 0.421. The second-order valence-corrected chi connectivity index (χ2v) is 9.80. The maximum absolute atomic E-state index is 13.1. The number of pyridine rings is 1. The molecule has 1 saturated heterocycles. The van der Waals surface area contributed by atoms with Crippen LogP contribution < -0.4 is 5.32 Å². The maximum atomic E-state index is 13.1. The third-order valence-electron chi connectivity index (χ3n) is 6.51. The summed E-state index contributed by atoms with van der Waals surface area (Å²) >= 11 is 1.72. The number of anilines is 1. The number of nitrogens with one attached hydrogen (secondary N) is 2. The Morgan fingerprint density at radius 1 is 1.12 bits per heavy atom. The molecule has 2 amide bonds. The Morgan fingerprint density at radius 2 is 2.00 bits per heavy atom. The van der Waals surface area contributed by atoms with E-state index in [2.05, 4.69) is 39.0 Å². The van der Waals surface area contributed by atoms with Crippen LogP contribution in [0.1, 0.15) is 52.4 Å². The molecule has 0 unspecified atom stereocenters. The number of benzene rings is 1. The normalized spacial score (nSPS) is 14.4. The van der Waals surface area contributed by atoms with Crippen molar-refractivity contribution in [2.75, 3.05) is 18.4 Å². The van der Waals surface area contributed by atoms with E-state index >= 15 is 0 Å². The molecule has 4 aromatic rings. The van der Waals surface area contributed by atoms with Crippen LogP contribution in [0, 0.1) is 0 Å². The summed E-state index contributed by atoms with van der Waals surface area (Å²) in [6, 6.07) is 15.5. The number of likely N-dealkylation sites (tertiary alicyclic amines) is 1. The van der Waals surface area contributed by atoms with Gasteiger partial charge >= 0.3 is 0 Å². The molecule has 1 fully saturated rings. The predicted octanol–water partition coefficient (Wildman–Crippen LogP) is 5.61. The van der Waals surface area contributed by atoms with Crippen LogP contribution in [-0.2, 0) is 11.2 Å². The predicted molar refractivity (Wildman–Crippen MR) is 136 cm³/mol. The summed E-state index contributed by atoms with van der Waals surface area (Å²) in [4.78, 5) is 36.4. The summed E-state index contributed by atoms with van der Waals surface area (Å²) in [5.41, 5.74) is 3.50. The van der Waals surface area contributed by atoms with Crippen LogP contribution in [0.2, 0.25) is 0 Å². The molecule has 2 N–H and O–H groups in total. The summed E-state index contributed by atoms with van der Waals surface area (Å²) in [6.45, 7) is 1.44. The van der Waals surface area contributed by atoms with Crippen molar-refractivity contribution in [3.8, 4) is 0 Å². The van der Waals surface area contributed by atoms with Gasteiger partial charge in [-0.3, -0.25) is 9.59 Å². The summed E-state index contributed by atoms with van der Waals surface area (Å²) in [5, 5.41) is 6.18. The highest BCUT2D eigenvalue weighted by Gasteiger charge is 2.26. The van der Waals surface area contributed by atoms with Gasteiger partial charge in [-0.1, -0.05) is 12.1 Å². The lowest BCUT2D eigenvalue weighted by atomic mass is 9.89. The highest BCUT2D eigenvalue weighted by Crippen LogP contribution is 2.33. The number of H-pyrrole nitrogens is 1. The largest absolute Gasteiger partial charge is 0.346 e. The van der Waals surface area contributed by atoms with Gasteiger partial charge in [0.1, 0.15) is 5.65 Å². The van der Waals surface area contributed by atoms with Crippen molar-refractivity contribution in [3.63, 3.8) is 0 Å². The molecule has 0 atom stereocenters. The van der Waals surface area contributed by atoms with Crippen LogP contribution in [0.15, 0.2) is 66.3 Å². The molecule has 4 heterocycles. The molecule has 0 bridgehead atoms. The summed E-state index contributed by atoms with van der Waals surface area (Å²) in [7, 11) is 0. The maximum Gasteiger partial charge on any atom is 0.253 e. The Hall–Kier alpha value is -3.45. The zero-order chi connectivity index (χ0) is 23.3. The second-order valence-electron chi connectivity index (χ2n) is 8.77. The molecule has 1 aliphatic rings. The number of carbonyl (C=O) groups is 2. The Kier molecular flexibility index (Phi) is 6.72. The quantitative estimate of drug-likeness (QED) is 0.367. The van der Waals surface area contributed by atoms with Crippen LogP contribution in [-0.4, -0.2) is 39.8 Å². The molecular weight excluding hydrogens is 444 g/mol. The van der Waals surface area contributed by atoms with Crippen LogP contribution >= 0.6 is 11.3 Å². The molecule has 6 nitrogen and oxygen atoms in total. The average Bonchev–Trinajstić information content (AvgIpc) is 3.54. The van der Waals surface area contributed by atoms with Gasteiger partial charge in [-0.05, 0) is 78.9 Å². The number of aromatic nitrogens is 2. The molecule has 0 saturated carbocycles. The number of piperidine rings is 1. The van der Waals surface area contributed by atoms with Crippen molar-refractivity contribution in [2.45, 2.75) is 38.0 Å². The first-order chi connectivity index (χ1) is 16.7. The van der Waals surface area contributed by atoms with Crippen LogP contribution in [0.25, 0.3) is 11.0 Å². The smallest absolute Gasteiger partial charge is 0.253 e. The summed E-state index contributed by atoms with van der Waals surface area (Å²) in [6.07, 6.45) is 7.90. The topological polar surface area (TPSA) is 78.1 Å². The van der Waals surface area contributed by atoms with E-state index in [0.29, 0.717) is 23.6 Å². The van der Waals surface area contributed by atoms with E-state index in [0.717, 1.165) is 44.4 Å². The Balaban J connectivity index is 1.15. The van der Waals surface area contributed by atoms with Crippen molar-refractivity contribution < 1.29 is 9.59 Å². The van der Waals surface area contributed by atoms with Crippen LogP contribution in [0.5, 0.6) is 0 Å². The molecule has 0 spiro atoms. The first kappa shape index (κ1) is 22.3. The molecular formula is C27H28N4O2S. The minimum atomic E-state index is -0.0183. The molecule has 0 aliphatic carbocycles. The lowest BCUT2D eigenvalue weighted by Crippen LogP contribution is -2.37. The van der Waals surface area contributed by atoms with Gasteiger partial charge in [-0.2, -0.15) is 0 Å². The highest BCUT2D eigenvalue weighted by molar-refractivity contribution is 7.09. The standard InChI is InChI=1S/C27H28N4O2S/c32-25(10-2-7-22-8-4-16-34-22)30-21-6-1-5-20(17-21)27(33)31-14-11-19(12-15-31)24-18-29-26-23(24)9-3-13-28-26/h1,3-6,8-9,13,16-19H,2,7,10-12,14-15H2,(H,28,29)(H,30,32). The van der Waals surface area contributed by atoms with E-state index < -0.39 is 0 Å². The fourth-order valence-corrected chi connectivity index (χ4v) is 5.47. The minimum Gasteiger partial charge on any atom is -0.346 e. The number of amides is 2. The first-order valence-corrected chi connectivity index (χ1v) is 12.7. The molecule has 1 aromatic carbocycles. The molecule has 34 heavy (non-hydrogen) atoms. The van der Waals surface area contributed by atoms with Gasteiger partial charge in [-0.25, -0.2) is 4.98 Å². The highest BCUT2D eigenvalue weighted by atomic mass is 32.1. The first-order valence-electron chi connectivity index (χ1n) is 11.8. The SMILES string of the molecule is O=C(CCCc1cccs1)Nc1cccc(C(=O)N2CCC(c3c[nH]c4ncccc34)CC2)c1. The Labute approximate surface area is 203 Å². The zero-order valence-corrected chi connectivity index (χ0v) is 19.8. The number of aryl methyl sites for hydroxylation is 1. The number of fused-ring (bicyclic) bond motifs is 1. The van der Waals surface area contributed by atoms with Gasteiger partial charge in [0.2, 0.25) is 5.91 Å². The molecule has 7 heteroatoms. The monoisotopic (exact) mass is 472 g/mol. The number of nitrogens with zero attached hydrogens (tertiary/aromatic N) is 2. The number of hydrogen-bond donors (Lipinski definition) is 2. The lowest BCUT2D eigenvalue weighted by Gasteiger charge is -2.32.